The zero-order chi connectivity index (χ0) is 27.5. The zero-order valence-electron chi connectivity index (χ0n) is 21.1. The van der Waals surface area contributed by atoms with Crippen molar-refractivity contribution in [3.63, 3.8) is 0 Å². The van der Waals surface area contributed by atoms with Crippen molar-refractivity contribution < 1.29 is 36.2 Å². The SMILES string of the molecule is C[C@H](CO)N1C[C@H](C)[C@@H](CN(C)Cc2ccc(C(F)(F)F)cc2)Oc2ccc(NS(C)(=O)=O)cc2C1=O. The van der Waals surface area contributed by atoms with E-state index in [1.807, 2.05) is 18.9 Å². The Kier molecular flexibility index (Phi) is 8.76. The number of ether oxygens (including phenoxy) is 1. The van der Waals surface area contributed by atoms with Crippen LogP contribution in [0.25, 0.3) is 0 Å². The van der Waals surface area contributed by atoms with Crippen LogP contribution < -0.4 is 9.46 Å². The molecule has 204 valence electrons. The Labute approximate surface area is 215 Å². The van der Waals surface area contributed by atoms with Crippen LogP contribution in [0.3, 0.4) is 0 Å². The second-order valence-electron chi connectivity index (χ2n) is 9.60. The number of carbonyl (C=O) groups is 1. The Morgan fingerprint density at radius 1 is 1.22 bits per heavy atom. The second-order valence-corrected chi connectivity index (χ2v) is 11.3. The van der Waals surface area contributed by atoms with Crippen LogP contribution >= 0.6 is 0 Å². The van der Waals surface area contributed by atoms with Gasteiger partial charge in [-0.25, -0.2) is 8.42 Å². The van der Waals surface area contributed by atoms with Gasteiger partial charge in [-0.3, -0.25) is 14.4 Å². The van der Waals surface area contributed by atoms with Crippen molar-refractivity contribution in [2.24, 2.45) is 5.92 Å². The van der Waals surface area contributed by atoms with Gasteiger partial charge in [0.1, 0.15) is 11.9 Å². The summed E-state index contributed by atoms with van der Waals surface area (Å²) >= 11 is 0. The molecule has 1 aliphatic heterocycles. The molecule has 37 heavy (non-hydrogen) atoms. The summed E-state index contributed by atoms with van der Waals surface area (Å²) in [5.74, 6) is -0.272. The van der Waals surface area contributed by atoms with Crippen molar-refractivity contribution in [3.05, 3.63) is 59.2 Å². The third-order valence-corrected chi connectivity index (χ3v) is 6.80. The first-order valence-corrected chi connectivity index (χ1v) is 13.6. The minimum Gasteiger partial charge on any atom is -0.488 e. The number of anilines is 1. The number of sulfonamides is 1. The monoisotopic (exact) mass is 543 g/mol. The number of rotatable bonds is 8. The summed E-state index contributed by atoms with van der Waals surface area (Å²) in [6.45, 7) is 4.45. The Hall–Kier alpha value is -2.83. The standard InChI is InChI=1S/C25H32F3N3O5S/c1-16-12-31(17(2)15-32)24(33)21-11-20(29-37(4,34)35)9-10-22(21)36-23(16)14-30(3)13-18-5-7-19(8-6-18)25(26,27)28/h5-11,16-17,23,29,32H,12-15H2,1-4H3/t16-,17+,23+/m0/s1. The number of nitrogens with zero attached hydrogens (tertiary/aromatic N) is 2. The Balaban J connectivity index is 1.86. The average Bonchev–Trinajstić information content (AvgIpc) is 2.80. The maximum absolute atomic E-state index is 13.4. The van der Waals surface area contributed by atoms with Crippen LogP contribution in [0.4, 0.5) is 18.9 Å². The predicted octanol–water partition coefficient (Wildman–Crippen LogP) is 3.43. The van der Waals surface area contributed by atoms with E-state index in [4.69, 9.17) is 4.74 Å². The quantitative estimate of drug-likeness (QED) is 0.530. The summed E-state index contributed by atoms with van der Waals surface area (Å²) in [7, 11) is -1.75. The third-order valence-electron chi connectivity index (χ3n) is 6.19. The van der Waals surface area contributed by atoms with Crippen LogP contribution in [0, 0.1) is 5.92 Å². The summed E-state index contributed by atoms with van der Waals surface area (Å²) in [5, 5.41) is 9.76. The lowest BCUT2D eigenvalue weighted by molar-refractivity contribution is -0.137. The molecule has 0 saturated carbocycles. The number of carbonyl (C=O) groups excluding carboxylic acids is 1. The molecule has 1 amide bonds. The van der Waals surface area contributed by atoms with Gasteiger partial charge in [-0.2, -0.15) is 13.2 Å². The summed E-state index contributed by atoms with van der Waals surface area (Å²) in [4.78, 5) is 16.9. The molecule has 2 N–H and O–H groups in total. The molecule has 0 bridgehead atoms. The van der Waals surface area contributed by atoms with Gasteiger partial charge in [-0.1, -0.05) is 19.1 Å². The molecule has 1 aliphatic rings. The van der Waals surface area contributed by atoms with Crippen molar-refractivity contribution in [3.8, 4) is 5.75 Å². The van der Waals surface area contributed by atoms with Gasteiger partial charge in [0.25, 0.3) is 5.91 Å². The molecule has 8 nitrogen and oxygen atoms in total. The second kappa shape index (κ2) is 11.3. The van der Waals surface area contributed by atoms with Gasteiger partial charge < -0.3 is 14.7 Å². The van der Waals surface area contributed by atoms with Crippen LogP contribution in [-0.2, 0) is 22.7 Å². The van der Waals surface area contributed by atoms with Crippen LogP contribution in [-0.4, -0.2) is 74.4 Å². The Bertz CT molecular complexity index is 1210. The van der Waals surface area contributed by atoms with Crippen LogP contribution in [0.5, 0.6) is 5.75 Å². The number of hydrogen-bond acceptors (Lipinski definition) is 6. The van der Waals surface area contributed by atoms with Gasteiger partial charge in [0, 0.05) is 31.2 Å². The summed E-state index contributed by atoms with van der Waals surface area (Å²) < 4.78 is 70.6. The van der Waals surface area contributed by atoms with E-state index in [0.717, 1.165) is 18.4 Å². The van der Waals surface area contributed by atoms with E-state index in [1.165, 1.54) is 30.3 Å². The highest BCUT2D eigenvalue weighted by molar-refractivity contribution is 7.92. The lowest BCUT2D eigenvalue weighted by Gasteiger charge is -2.38. The van der Waals surface area contributed by atoms with Gasteiger partial charge in [-0.15, -0.1) is 0 Å². The topological polar surface area (TPSA) is 99.2 Å². The number of aliphatic hydroxyl groups is 1. The molecule has 2 aromatic carbocycles. The van der Waals surface area contributed by atoms with Gasteiger partial charge in [0.05, 0.1) is 30.0 Å². The normalized spacial score (nSPS) is 19.6. The van der Waals surface area contributed by atoms with Crippen LogP contribution in [0.15, 0.2) is 42.5 Å². The fourth-order valence-corrected chi connectivity index (χ4v) is 4.76. The van der Waals surface area contributed by atoms with Crippen molar-refractivity contribution in [1.82, 2.24) is 9.80 Å². The maximum atomic E-state index is 13.4. The molecule has 2 aromatic rings. The summed E-state index contributed by atoms with van der Waals surface area (Å²) in [6.07, 6.45) is -3.80. The number of alkyl halides is 3. The minimum atomic E-state index is -4.40. The molecular formula is C25H32F3N3O5S. The zero-order valence-corrected chi connectivity index (χ0v) is 21.9. The van der Waals surface area contributed by atoms with E-state index in [9.17, 15) is 31.5 Å². The van der Waals surface area contributed by atoms with E-state index in [1.54, 1.807) is 11.8 Å². The molecule has 0 unspecified atom stereocenters. The average molecular weight is 544 g/mol. The predicted molar refractivity (Wildman–Crippen MR) is 134 cm³/mol. The summed E-state index contributed by atoms with van der Waals surface area (Å²) in [6, 6.07) is 8.94. The highest BCUT2D eigenvalue weighted by Crippen LogP contribution is 2.32. The van der Waals surface area contributed by atoms with E-state index in [-0.39, 0.29) is 36.1 Å². The number of nitrogens with one attached hydrogen (secondary N) is 1. The van der Waals surface area contributed by atoms with Gasteiger partial charge in [0.15, 0.2) is 0 Å². The van der Waals surface area contributed by atoms with E-state index in [2.05, 4.69) is 4.72 Å². The lowest BCUT2D eigenvalue weighted by atomic mass is 9.99. The largest absolute Gasteiger partial charge is 0.488 e. The number of aliphatic hydroxyl groups excluding tert-OH is 1. The van der Waals surface area contributed by atoms with Crippen molar-refractivity contribution in [2.45, 2.75) is 38.7 Å². The van der Waals surface area contributed by atoms with Crippen molar-refractivity contribution >= 4 is 21.6 Å². The molecule has 12 heteroatoms. The van der Waals surface area contributed by atoms with Crippen LogP contribution in [0.2, 0.25) is 0 Å². The van der Waals surface area contributed by atoms with E-state index in [0.29, 0.717) is 18.7 Å². The van der Waals surface area contributed by atoms with E-state index >= 15 is 0 Å². The van der Waals surface area contributed by atoms with Crippen molar-refractivity contribution in [2.75, 3.05) is 37.7 Å². The molecule has 0 fully saturated rings. The number of hydrogen-bond donors (Lipinski definition) is 2. The molecule has 3 atom stereocenters. The fourth-order valence-electron chi connectivity index (χ4n) is 4.20. The number of benzene rings is 2. The number of amides is 1. The van der Waals surface area contributed by atoms with E-state index < -0.39 is 39.8 Å². The van der Waals surface area contributed by atoms with Crippen LogP contribution in [0.1, 0.15) is 35.3 Å². The molecule has 0 aliphatic carbocycles. The van der Waals surface area contributed by atoms with Gasteiger partial charge in [-0.05, 0) is 49.9 Å². The van der Waals surface area contributed by atoms with Crippen molar-refractivity contribution in [1.29, 1.82) is 0 Å². The first-order chi connectivity index (χ1) is 17.2. The number of fused-ring (bicyclic) bond motifs is 1. The molecule has 3 rings (SSSR count). The lowest BCUT2D eigenvalue weighted by Crippen LogP contribution is -2.49. The van der Waals surface area contributed by atoms with Gasteiger partial charge >= 0.3 is 6.18 Å². The minimum absolute atomic E-state index is 0.157. The first-order valence-electron chi connectivity index (χ1n) is 11.7. The third kappa shape index (κ3) is 7.59. The molecule has 1 heterocycles. The first kappa shape index (κ1) is 28.7. The number of halogens is 3. The molecule has 0 radical (unpaired) electrons. The molecular weight excluding hydrogens is 511 g/mol. The highest BCUT2D eigenvalue weighted by Gasteiger charge is 2.34. The van der Waals surface area contributed by atoms with Gasteiger partial charge in [0.2, 0.25) is 10.0 Å². The smallest absolute Gasteiger partial charge is 0.416 e. The Morgan fingerprint density at radius 2 is 1.86 bits per heavy atom. The molecule has 0 aromatic heterocycles. The Morgan fingerprint density at radius 3 is 2.43 bits per heavy atom. The summed E-state index contributed by atoms with van der Waals surface area (Å²) in [5.41, 5.74) is 0.368. The highest BCUT2D eigenvalue weighted by atomic mass is 32.2. The maximum Gasteiger partial charge on any atom is 0.416 e. The fraction of sp³-hybridized carbons (Fsp3) is 0.480. The molecule has 0 spiro atoms. The number of likely N-dealkylation sites (N-methyl/N-ethyl adjacent to an activating group) is 1. The molecule has 0 saturated heterocycles.